The van der Waals surface area contributed by atoms with Gasteiger partial charge in [-0.1, -0.05) is 53.4 Å². The van der Waals surface area contributed by atoms with Crippen LogP contribution in [0.3, 0.4) is 0 Å². The van der Waals surface area contributed by atoms with E-state index in [0.29, 0.717) is 12.3 Å². The summed E-state index contributed by atoms with van der Waals surface area (Å²) >= 11 is 3.50. The molecule has 1 saturated carbocycles. The van der Waals surface area contributed by atoms with Gasteiger partial charge in [-0.3, -0.25) is 9.59 Å². The Morgan fingerprint density at radius 1 is 1.12 bits per heavy atom. The summed E-state index contributed by atoms with van der Waals surface area (Å²) in [6, 6.07) is 11.5. The highest BCUT2D eigenvalue weighted by molar-refractivity contribution is 9.10. The summed E-state index contributed by atoms with van der Waals surface area (Å²) in [4.78, 5) is 28.0. The maximum absolute atomic E-state index is 13.3. The van der Waals surface area contributed by atoms with E-state index in [2.05, 4.69) is 27.3 Å². The summed E-state index contributed by atoms with van der Waals surface area (Å²) in [6.07, 6.45) is 5.52. The first-order valence-corrected chi connectivity index (χ1v) is 12.6. The standard InChI is InChI=1S/C27H35BrN2O3/c1-18-13-19(2)20(3)25(14-18)33-17-26(31)30(16-22-9-8-10-23(28)15-22)21(4)27(32)29-24-11-6-5-7-12-24/h8-10,13-15,21,24H,5-7,11-12,16-17H2,1-4H3,(H,29,32)/t21-/m0/s1. The van der Waals surface area contributed by atoms with E-state index in [4.69, 9.17) is 4.74 Å². The van der Waals surface area contributed by atoms with Gasteiger partial charge in [-0.15, -0.1) is 0 Å². The molecule has 2 aromatic carbocycles. The zero-order chi connectivity index (χ0) is 24.0. The van der Waals surface area contributed by atoms with Crippen molar-refractivity contribution in [3.8, 4) is 5.75 Å². The summed E-state index contributed by atoms with van der Waals surface area (Å²) in [6.45, 7) is 8.07. The SMILES string of the molecule is Cc1cc(C)c(C)c(OCC(=O)N(Cc2cccc(Br)c2)[C@@H](C)C(=O)NC2CCCCC2)c1. The first-order valence-electron chi connectivity index (χ1n) is 11.8. The van der Waals surface area contributed by atoms with Crippen molar-refractivity contribution in [2.45, 2.75) is 78.4 Å². The van der Waals surface area contributed by atoms with Gasteiger partial charge in [-0.05, 0) is 81.0 Å². The Bertz CT molecular complexity index is 985. The van der Waals surface area contributed by atoms with Crippen LogP contribution in [0.25, 0.3) is 0 Å². The fourth-order valence-corrected chi connectivity index (χ4v) is 4.80. The smallest absolute Gasteiger partial charge is 0.261 e. The Morgan fingerprint density at radius 3 is 2.55 bits per heavy atom. The van der Waals surface area contributed by atoms with Gasteiger partial charge in [0.25, 0.3) is 5.91 Å². The van der Waals surface area contributed by atoms with Gasteiger partial charge in [0.15, 0.2) is 6.61 Å². The minimum absolute atomic E-state index is 0.104. The lowest BCUT2D eigenvalue weighted by Gasteiger charge is -2.31. The molecule has 0 aromatic heterocycles. The van der Waals surface area contributed by atoms with Crippen molar-refractivity contribution < 1.29 is 14.3 Å². The first-order chi connectivity index (χ1) is 15.7. The van der Waals surface area contributed by atoms with Crippen molar-refractivity contribution in [1.82, 2.24) is 10.2 Å². The van der Waals surface area contributed by atoms with Crippen LogP contribution >= 0.6 is 15.9 Å². The highest BCUT2D eigenvalue weighted by Gasteiger charge is 2.28. The van der Waals surface area contributed by atoms with E-state index >= 15 is 0 Å². The second kappa shape index (κ2) is 11.7. The van der Waals surface area contributed by atoms with E-state index in [-0.39, 0.29) is 24.5 Å². The van der Waals surface area contributed by atoms with Gasteiger partial charge in [0.2, 0.25) is 5.91 Å². The number of hydrogen-bond acceptors (Lipinski definition) is 3. The number of ether oxygens (including phenoxy) is 1. The predicted molar refractivity (Wildman–Crippen MR) is 135 cm³/mol. The van der Waals surface area contributed by atoms with Crippen LogP contribution in [-0.2, 0) is 16.1 Å². The van der Waals surface area contributed by atoms with Gasteiger partial charge in [0.05, 0.1) is 0 Å². The largest absolute Gasteiger partial charge is 0.483 e. The molecule has 3 rings (SSSR count). The van der Waals surface area contributed by atoms with Crippen molar-refractivity contribution in [2.24, 2.45) is 0 Å². The van der Waals surface area contributed by atoms with Crippen LogP contribution in [0.5, 0.6) is 5.75 Å². The van der Waals surface area contributed by atoms with Crippen LogP contribution in [0.1, 0.15) is 61.3 Å². The van der Waals surface area contributed by atoms with Gasteiger partial charge >= 0.3 is 0 Å². The van der Waals surface area contributed by atoms with Crippen molar-refractivity contribution in [3.05, 3.63) is 63.1 Å². The summed E-state index contributed by atoms with van der Waals surface area (Å²) in [5.41, 5.74) is 4.20. The number of carbonyl (C=O) groups is 2. The molecule has 0 spiro atoms. The molecule has 178 valence electrons. The van der Waals surface area contributed by atoms with Gasteiger partial charge in [0, 0.05) is 17.1 Å². The molecule has 2 amide bonds. The normalized spacial score (nSPS) is 15.1. The minimum Gasteiger partial charge on any atom is -0.483 e. The maximum Gasteiger partial charge on any atom is 0.261 e. The number of halogens is 1. The van der Waals surface area contributed by atoms with Crippen LogP contribution < -0.4 is 10.1 Å². The average Bonchev–Trinajstić information content (AvgIpc) is 2.79. The maximum atomic E-state index is 13.3. The number of nitrogens with zero attached hydrogens (tertiary/aromatic N) is 1. The molecule has 1 atom stereocenters. The molecule has 0 unspecified atom stereocenters. The zero-order valence-corrected chi connectivity index (χ0v) is 21.7. The molecule has 0 saturated heterocycles. The van der Waals surface area contributed by atoms with E-state index < -0.39 is 6.04 Å². The lowest BCUT2D eigenvalue weighted by Crippen LogP contribution is -2.51. The average molecular weight is 515 g/mol. The van der Waals surface area contributed by atoms with E-state index in [1.165, 1.54) is 6.42 Å². The van der Waals surface area contributed by atoms with Gasteiger partial charge in [-0.2, -0.15) is 0 Å². The highest BCUT2D eigenvalue weighted by atomic mass is 79.9. The van der Waals surface area contributed by atoms with E-state index in [9.17, 15) is 9.59 Å². The number of carbonyl (C=O) groups excluding carboxylic acids is 2. The molecule has 1 fully saturated rings. The predicted octanol–water partition coefficient (Wildman–Crippen LogP) is 5.62. The number of hydrogen-bond donors (Lipinski definition) is 1. The van der Waals surface area contributed by atoms with Crippen LogP contribution in [-0.4, -0.2) is 35.4 Å². The molecular weight excluding hydrogens is 480 g/mol. The van der Waals surface area contributed by atoms with E-state index in [0.717, 1.165) is 52.4 Å². The Hall–Kier alpha value is -2.34. The molecule has 2 aromatic rings. The monoisotopic (exact) mass is 514 g/mol. The van der Waals surface area contributed by atoms with Crippen molar-refractivity contribution >= 4 is 27.7 Å². The number of aryl methyl sites for hydroxylation is 2. The van der Waals surface area contributed by atoms with E-state index in [1.54, 1.807) is 11.8 Å². The third-order valence-corrected chi connectivity index (χ3v) is 6.97. The molecule has 1 N–H and O–H groups in total. The molecule has 0 radical (unpaired) electrons. The fraction of sp³-hybridized carbons (Fsp3) is 0.481. The van der Waals surface area contributed by atoms with Crippen LogP contribution in [0.2, 0.25) is 0 Å². The van der Waals surface area contributed by atoms with E-state index in [1.807, 2.05) is 51.1 Å². The van der Waals surface area contributed by atoms with Crippen LogP contribution in [0.15, 0.2) is 40.9 Å². The molecule has 33 heavy (non-hydrogen) atoms. The zero-order valence-electron chi connectivity index (χ0n) is 20.1. The Kier molecular flexibility index (Phi) is 8.95. The third kappa shape index (κ3) is 7.07. The van der Waals surface area contributed by atoms with Gasteiger partial charge in [-0.25, -0.2) is 0 Å². The molecule has 0 bridgehead atoms. The Morgan fingerprint density at radius 2 is 1.85 bits per heavy atom. The summed E-state index contributed by atoms with van der Waals surface area (Å²) in [7, 11) is 0. The third-order valence-electron chi connectivity index (χ3n) is 6.48. The molecule has 1 aliphatic carbocycles. The lowest BCUT2D eigenvalue weighted by atomic mass is 9.95. The molecular formula is C27H35BrN2O3. The van der Waals surface area contributed by atoms with Crippen LogP contribution in [0, 0.1) is 20.8 Å². The number of amides is 2. The van der Waals surface area contributed by atoms with Crippen molar-refractivity contribution in [2.75, 3.05) is 6.61 Å². The summed E-state index contributed by atoms with van der Waals surface area (Å²) in [5.74, 6) is 0.398. The Labute approximate surface area is 206 Å². The second-order valence-corrected chi connectivity index (χ2v) is 10.1. The first kappa shape index (κ1) is 25.3. The molecule has 1 aliphatic rings. The topological polar surface area (TPSA) is 58.6 Å². The summed E-state index contributed by atoms with van der Waals surface area (Å²) in [5, 5.41) is 3.17. The minimum atomic E-state index is -0.595. The van der Waals surface area contributed by atoms with Gasteiger partial charge < -0.3 is 15.0 Å². The Balaban J connectivity index is 1.75. The quantitative estimate of drug-likeness (QED) is 0.497. The van der Waals surface area contributed by atoms with Crippen LogP contribution in [0.4, 0.5) is 0 Å². The molecule has 5 nitrogen and oxygen atoms in total. The fourth-order valence-electron chi connectivity index (χ4n) is 4.36. The van der Waals surface area contributed by atoms with Gasteiger partial charge in [0.1, 0.15) is 11.8 Å². The van der Waals surface area contributed by atoms with Crippen molar-refractivity contribution in [1.29, 1.82) is 0 Å². The lowest BCUT2D eigenvalue weighted by molar-refractivity contribution is -0.142. The molecule has 0 heterocycles. The number of rotatable bonds is 8. The number of nitrogens with one attached hydrogen (secondary N) is 1. The summed E-state index contributed by atoms with van der Waals surface area (Å²) < 4.78 is 6.89. The van der Waals surface area contributed by atoms with Crippen molar-refractivity contribution in [3.63, 3.8) is 0 Å². The molecule has 6 heteroatoms. The highest BCUT2D eigenvalue weighted by Crippen LogP contribution is 2.24. The number of benzene rings is 2. The second-order valence-electron chi connectivity index (χ2n) is 9.16. The molecule has 0 aliphatic heterocycles.